The van der Waals surface area contributed by atoms with Gasteiger partial charge in [-0.25, -0.2) is 4.39 Å². The number of nitrogens with zero attached hydrogens (tertiary/aromatic N) is 1. The van der Waals surface area contributed by atoms with Crippen LogP contribution in [0.1, 0.15) is 0 Å². The summed E-state index contributed by atoms with van der Waals surface area (Å²) in [6.07, 6.45) is 0. The van der Waals surface area contributed by atoms with E-state index in [0.717, 1.165) is 0 Å². The molecule has 0 saturated heterocycles. The normalized spacial score (nSPS) is 10.9. The standard InChI is InChI=1S/C7H2BrClFNO/c8-3-1-4(10)6-5(2-3)12-7(9)11-6/h1-2H. The maximum Gasteiger partial charge on any atom is 0.293 e. The number of aromatic nitrogens is 1. The van der Waals surface area contributed by atoms with E-state index in [9.17, 15) is 4.39 Å². The van der Waals surface area contributed by atoms with Crippen molar-refractivity contribution < 1.29 is 8.81 Å². The lowest BCUT2D eigenvalue weighted by Gasteiger charge is -1.90. The van der Waals surface area contributed by atoms with Crippen LogP contribution in [0.4, 0.5) is 4.39 Å². The lowest BCUT2D eigenvalue weighted by molar-refractivity contribution is 0.603. The van der Waals surface area contributed by atoms with Crippen molar-refractivity contribution in [1.82, 2.24) is 4.98 Å². The lowest BCUT2D eigenvalue weighted by Crippen LogP contribution is -1.77. The largest absolute Gasteiger partial charge is 0.427 e. The Morgan fingerprint density at radius 1 is 1.50 bits per heavy atom. The fourth-order valence-electron chi connectivity index (χ4n) is 0.930. The molecule has 0 aliphatic carbocycles. The van der Waals surface area contributed by atoms with Crippen LogP contribution in [0.5, 0.6) is 0 Å². The van der Waals surface area contributed by atoms with Crippen LogP contribution in [-0.2, 0) is 0 Å². The Kier molecular flexibility index (Phi) is 1.81. The zero-order valence-electron chi connectivity index (χ0n) is 5.64. The molecule has 0 aliphatic rings. The molecule has 1 heterocycles. The van der Waals surface area contributed by atoms with Gasteiger partial charge in [-0.15, -0.1) is 0 Å². The smallest absolute Gasteiger partial charge is 0.293 e. The van der Waals surface area contributed by atoms with E-state index in [4.69, 9.17) is 16.0 Å². The second-order valence-electron chi connectivity index (χ2n) is 2.20. The maximum atomic E-state index is 13.0. The third-order valence-electron chi connectivity index (χ3n) is 1.39. The van der Waals surface area contributed by atoms with Gasteiger partial charge in [0.15, 0.2) is 11.4 Å². The first-order valence-electron chi connectivity index (χ1n) is 3.08. The Morgan fingerprint density at radius 2 is 2.25 bits per heavy atom. The molecule has 0 saturated carbocycles. The summed E-state index contributed by atoms with van der Waals surface area (Å²) in [6.45, 7) is 0. The first-order valence-corrected chi connectivity index (χ1v) is 4.25. The van der Waals surface area contributed by atoms with Crippen LogP contribution in [0.25, 0.3) is 11.1 Å². The molecule has 0 bridgehead atoms. The Balaban J connectivity index is 2.88. The molecule has 0 spiro atoms. The molecule has 0 fully saturated rings. The minimum absolute atomic E-state index is 0.0537. The van der Waals surface area contributed by atoms with Crippen LogP contribution in [0, 0.1) is 5.82 Å². The van der Waals surface area contributed by atoms with Crippen molar-refractivity contribution in [3.8, 4) is 0 Å². The van der Waals surface area contributed by atoms with Gasteiger partial charge >= 0.3 is 0 Å². The average Bonchev–Trinajstić information content (AvgIpc) is 2.29. The first-order chi connectivity index (χ1) is 5.66. The van der Waals surface area contributed by atoms with Crippen molar-refractivity contribution in [1.29, 1.82) is 0 Å². The number of benzene rings is 1. The summed E-state index contributed by atoms with van der Waals surface area (Å²) in [4.78, 5) is 3.66. The predicted molar refractivity (Wildman–Crippen MR) is 46.7 cm³/mol. The van der Waals surface area contributed by atoms with Gasteiger partial charge in [-0.2, -0.15) is 4.98 Å². The molecule has 5 heteroatoms. The van der Waals surface area contributed by atoms with Gasteiger partial charge in [0.2, 0.25) is 0 Å². The number of oxazole rings is 1. The quantitative estimate of drug-likeness (QED) is 0.716. The van der Waals surface area contributed by atoms with Gasteiger partial charge < -0.3 is 4.42 Å². The molecule has 0 amide bonds. The maximum absolute atomic E-state index is 13.0. The van der Waals surface area contributed by atoms with Crippen LogP contribution >= 0.6 is 27.5 Å². The van der Waals surface area contributed by atoms with E-state index in [2.05, 4.69) is 20.9 Å². The Hall–Kier alpha value is -0.610. The molecule has 2 aromatic rings. The topological polar surface area (TPSA) is 26.0 Å². The van der Waals surface area contributed by atoms with E-state index < -0.39 is 5.82 Å². The monoisotopic (exact) mass is 249 g/mol. The molecule has 2 nitrogen and oxygen atoms in total. The van der Waals surface area contributed by atoms with Gasteiger partial charge in [0.1, 0.15) is 5.52 Å². The van der Waals surface area contributed by atoms with E-state index in [-0.39, 0.29) is 10.9 Å². The van der Waals surface area contributed by atoms with Gasteiger partial charge in [0.05, 0.1) is 0 Å². The van der Waals surface area contributed by atoms with Crippen LogP contribution in [0.3, 0.4) is 0 Å². The van der Waals surface area contributed by atoms with E-state index in [1.165, 1.54) is 6.07 Å². The van der Waals surface area contributed by atoms with Gasteiger partial charge in [-0.3, -0.25) is 0 Å². The van der Waals surface area contributed by atoms with Gasteiger partial charge in [0.25, 0.3) is 5.35 Å². The first kappa shape index (κ1) is 8.01. The number of hydrogen-bond donors (Lipinski definition) is 0. The third kappa shape index (κ3) is 1.21. The van der Waals surface area contributed by atoms with Crippen molar-refractivity contribution in [2.45, 2.75) is 0 Å². The molecule has 1 aromatic carbocycles. The van der Waals surface area contributed by atoms with Crippen LogP contribution in [-0.4, -0.2) is 4.98 Å². The summed E-state index contributed by atoms with van der Waals surface area (Å²) in [5.74, 6) is -0.449. The van der Waals surface area contributed by atoms with E-state index >= 15 is 0 Å². The van der Waals surface area contributed by atoms with Crippen LogP contribution in [0.2, 0.25) is 5.35 Å². The van der Waals surface area contributed by atoms with Gasteiger partial charge in [-0.1, -0.05) is 15.9 Å². The Morgan fingerprint density at radius 3 is 3.00 bits per heavy atom. The summed E-state index contributed by atoms with van der Waals surface area (Å²) in [5, 5.41) is -0.0537. The molecule has 1 aromatic heterocycles. The molecule has 0 atom stereocenters. The van der Waals surface area contributed by atoms with Crippen LogP contribution in [0.15, 0.2) is 21.0 Å². The highest BCUT2D eigenvalue weighted by molar-refractivity contribution is 9.10. The van der Waals surface area contributed by atoms with Crippen molar-refractivity contribution in [2.24, 2.45) is 0 Å². The molecule has 2 rings (SSSR count). The highest BCUT2D eigenvalue weighted by Crippen LogP contribution is 2.25. The minimum atomic E-state index is -0.449. The van der Waals surface area contributed by atoms with Crippen LogP contribution < -0.4 is 0 Å². The number of rotatable bonds is 0. The van der Waals surface area contributed by atoms with Crippen molar-refractivity contribution in [3.63, 3.8) is 0 Å². The summed E-state index contributed by atoms with van der Waals surface area (Å²) < 4.78 is 18.6. The van der Waals surface area contributed by atoms with Gasteiger partial charge in [-0.05, 0) is 23.7 Å². The zero-order chi connectivity index (χ0) is 8.72. The fraction of sp³-hybridized carbons (Fsp3) is 0. The van der Waals surface area contributed by atoms with E-state index in [0.29, 0.717) is 10.1 Å². The highest BCUT2D eigenvalue weighted by atomic mass is 79.9. The SMILES string of the molecule is Fc1cc(Br)cc2oc(Cl)nc12. The summed E-state index contributed by atoms with van der Waals surface area (Å²) >= 11 is 8.57. The molecule has 0 N–H and O–H groups in total. The predicted octanol–water partition coefficient (Wildman–Crippen LogP) is 3.38. The lowest BCUT2D eigenvalue weighted by atomic mass is 10.3. The fourth-order valence-corrected chi connectivity index (χ4v) is 1.51. The molecule has 0 aliphatic heterocycles. The second kappa shape index (κ2) is 2.71. The van der Waals surface area contributed by atoms with E-state index in [1.807, 2.05) is 0 Å². The minimum Gasteiger partial charge on any atom is -0.427 e. The molecule has 0 unspecified atom stereocenters. The van der Waals surface area contributed by atoms with E-state index in [1.54, 1.807) is 6.07 Å². The second-order valence-corrected chi connectivity index (χ2v) is 3.44. The molecule has 0 radical (unpaired) electrons. The molecular formula is C7H2BrClFNO. The molecule has 62 valence electrons. The molecular weight excluding hydrogens is 248 g/mol. The van der Waals surface area contributed by atoms with Crippen molar-refractivity contribution in [2.75, 3.05) is 0 Å². The van der Waals surface area contributed by atoms with Crippen molar-refractivity contribution in [3.05, 3.63) is 27.8 Å². The molecule has 12 heavy (non-hydrogen) atoms. The third-order valence-corrected chi connectivity index (χ3v) is 2.01. The number of halogens is 3. The Bertz CT molecular complexity index is 442. The number of fused-ring (bicyclic) bond motifs is 1. The van der Waals surface area contributed by atoms with Gasteiger partial charge in [0, 0.05) is 4.47 Å². The summed E-state index contributed by atoms with van der Waals surface area (Å²) in [7, 11) is 0. The summed E-state index contributed by atoms with van der Waals surface area (Å²) in [6, 6.07) is 2.92. The number of hydrogen-bond acceptors (Lipinski definition) is 2. The summed E-state index contributed by atoms with van der Waals surface area (Å²) in [5.41, 5.74) is 0.495. The highest BCUT2D eigenvalue weighted by Gasteiger charge is 2.09. The average molecular weight is 250 g/mol. The van der Waals surface area contributed by atoms with Crippen molar-refractivity contribution >= 4 is 38.6 Å². The Labute approximate surface area is 80.5 Å². The zero-order valence-corrected chi connectivity index (χ0v) is 7.99.